The number of benzene rings is 2. The van der Waals surface area contributed by atoms with Crippen molar-refractivity contribution in [2.75, 3.05) is 0 Å². The number of hydrogen-bond donors (Lipinski definition) is 1. The Morgan fingerprint density at radius 1 is 1.09 bits per heavy atom. The van der Waals surface area contributed by atoms with Gasteiger partial charge in [0, 0.05) is 5.54 Å². The summed E-state index contributed by atoms with van der Waals surface area (Å²) in [6.07, 6.45) is 0.214. The maximum Gasteiger partial charge on any atom is 0.407 e. The molecule has 0 aliphatic heterocycles. The molecule has 0 saturated heterocycles. The Kier molecular flexibility index (Phi) is 5.37. The second-order valence-corrected chi connectivity index (χ2v) is 6.06. The molecule has 0 aliphatic rings. The maximum absolute atomic E-state index is 11.9. The van der Waals surface area contributed by atoms with Crippen LogP contribution in [0.15, 0.2) is 54.6 Å². The van der Waals surface area contributed by atoms with Crippen molar-refractivity contribution in [2.24, 2.45) is 0 Å². The van der Waals surface area contributed by atoms with E-state index in [2.05, 4.69) is 11.4 Å². The summed E-state index contributed by atoms with van der Waals surface area (Å²) in [5.41, 5.74) is 2.19. The van der Waals surface area contributed by atoms with E-state index in [0.717, 1.165) is 11.1 Å². The number of rotatable bonds is 5. The minimum absolute atomic E-state index is 0.250. The van der Waals surface area contributed by atoms with Crippen molar-refractivity contribution in [2.45, 2.75) is 32.4 Å². The molecule has 0 spiro atoms. The SMILES string of the molecule is CC(C)(Cc1ccc(C#N)cc1)NC(=O)OCc1ccccc1. The third-order valence-corrected chi connectivity index (χ3v) is 3.38. The molecule has 23 heavy (non-hydrogen) atoms. The first-order valence-electron chi connectivity index (χ1n) is 7.46. The predicted molar refractivity (Wildman–Crippen MR) is 88.7 cm³/mol. The quantitative estimate of drug-likeness (QED) is 0.913. The van der Waals surface area contributed by atoms with Gasteiger partial charge in [-0.2, -0.15) is 5.26 Å². The van der Waals surface area contributed by atoms with Crippen molar-refractivity contribution in [1.29, 1.82) is 5.26 Å². The van der Waals surface area contributed by atoms with E-state index in [9.17, 15) is 4.79 Å². The second-order valence-electron chi connectivity index (χ2n) is 6.06. The lowest BCUT2D eigenvalue weighted by Gasteiger charge is -2.26. The van der Waals surface area contributed by atoms with Gasteiger partial charge >= 0.3 is 6.09 Å². The van der Waals surface area contributed by atoms with Crippen molar-refractivity contribution in [3.8, 4) is 6.07 Å². The maximum atomic E-state index is 11.9. The Morgan fingerprint density at radius 2 is 1.74 bits per heavy atom. The first kappa shape index (κ1) is 16.6. The molecule has 2 aromatic rings. The summed E-state index contributed by atoms with van der Waals surface area (Å²) in [7, 11) is 0. The number of nitrogens with zero attached hydrogens (tertiary/aromatic N) is 1. The van der Waals surface area contributed by atoms with Crippen LogP contribution < -0.4 is 5.32 Å². The Bertz CT molecular complexity index is 686. The molecule has 0 aromatic heterocycles. The zero-order valence-electron chi connectivity index (χ0n) is 13.4. The molecule has 0 saturated carbocycles. The van der Waals surface area contributed by atoms with Crippen LogP contribution in [-0.2, 0) is 17.8 Å². The monoisotopic (exact) mass is 308 g/mol. The molecule has 0 unspecified atom stereocenters. The lowest BCUT2D eigenvalue weighted by molar-refractivity contribution is 0.129. The number of carbonyl (C=O) groups is 1. The smallest absolute Gasteiger partial charge is 0.407 e. The highest BCUT2D eigenvalue weighted by atomic mass is 16.5. The molecular weight excluding hydrogens is 288 g/mol. The van der Waals surface area contributed by atoms with E-state index >= 15 is 0 Å². The molecule has 1 N–H and O–H groups in total. The van der Waals surface area contributed by atoms with Crippen LogP contribution >= 0.6 is 0 Å². The summed E-state index contributed by atoms with van der Waals surface area (Å²) in [6.45, 7) is 4.13. The second kappa shape index (κ2) is 7.46. The fraction of sp³-hybridized carbons (Fsp3) is 0.263. The van der Waals surface area contributed by atoms with Crippen molar-refractivity contribution in [3.05, 3.63) is 71.3 Å². The van der Waals surface area contributed by atoms with Crippen molar-refractivity contribution >= 4 is 6.09 Å². The number of nitrogens with one attached hydrogen (secondary N) is 1. The predicted octanol–water partition coefficient (Wildman–Crippen LogP) is 3.81. The number of amides is 1. The van der Waals surface area contributed by atoms with E-state index in [4.69, 9.17) is 10.00 Å². The fourth-order valence-corrected chi connectivity index (χ4v) is 2.29. The van der Waals surface area contributed by atoms with E-state index in [1.165, 1.54) is 0 Å². The summed E-state index contributed by atoms with van der Waals surface area (Å²) in [5.74, 6) is 0. The van der Waals surface area contributed by atoms with Gasteiger partial charge in [-0.15, -0.1) is 0 Å². The normalized spacial score (nSPS) is 10.7. The Hall–Kier alpha value is -2.80. The summed E-state index contributed by atoms with van der Waals surface area (Å²) in [4.78, 5) is 11.9. The topological polar surface area (TPSA) is 62.1 Å². The van der Waals surface area contributed by atoms with E-state index in [-0.39, 0.29) is 6.61 Å². The van der Waals surface area contributed by atoms with Crippen LogP contribution in [0.5, 0.6) is 0 Å². The highest BCUT2D eigenvalue weighted by molar-refractivity contribution is 5.68. The summed E-state index contributed by atoms with van der Waals surface area (Å²) >= 11 is 0. The molecule has 4 nitrogen and oxygen atoms in total. The molecule has 4 heteroatoms. The van der Waals surface area contributed by atoms with Crippen molar-refractivity contribution in [3.63, 3.8) is 0 Å². The number of nitriles is 1. The summed E-state index contributed by atoms with van der Waals surface area (Å²) in [5, 5.41) is 11.7. The number of ether oxygens (including phenoxy) is 1. The van der Waals surface area contributed by atoms with Crippen LogP contribution in [0.2, 0.25) is 0 Å². The molecule has 1 amide bonds. The highest BCUT2D eigenvalue weighted by Gasteiger charge is 2.21. The van der Waals surface area contributed by atoms with Gasteiger partial charge in [-0.25, -0.2) is 4.79 Å². The van der Waals surface area contributed by atoms with Crippen LogP contribution in [0.25, 0.3) is 0 Å². The van der Waals surface area contributed by atoms with Crippen LogP contribution in [0.3, 0.4) is 0 Å². The highest BCUT2D eigenvalue weighted by Crippen LogP contribution is 2.14. The first-order valence-corrected chi connectivity index (χ1v) is 7.46. The standard InChI is InChI=1S/C19H20N2O2/c1-19(2,12-15-8-10-16(13-20)11-9-15)21-18(22)23-14-17-6-4-3-5-7-17/h3-11H,12,14H2,1-2H3,(H,21,22). The summed E-state index contributed by atoms with van der Waals surface area (Å²) in [6, 6.07) is 19.0. The molecule has 118 valence electrons. The Balaban J connectivity index is 1.86. The molecule has 0 aliphatic carbocycles. The largest absolute Gasteiger partial charge is 0.445 e. The molecule has 2 aromatic carbocycles. The lowest BCUT2D eigenvalue weighted by Crippen LogP contribution is -2.45. The first-order chi connectivity index (χ1) is 11.0. The zero-order valence-corrected chi connectivity index (χ0v) is 13.4. The average molecular weight is 308 g/mol. The van der Waals surface area contributed by atoms with Gasteiger partial charge in [0.25, 0.3) is 0 Å². The average Bonchev–Trinajstić information content (AvgIpc) is 2.54. The van der Waals surface area contributed by atoms with Crippen LogP contribution in [0.4, 0.5) is 4.79 Å². The van der Waals surface area contributed by atoms with Crippen molar-refractivity contribution < 1.29 is 9.53 Å². The minimum Gasteiger partial charge on any atom is -0.445 e. The van der Waals surface area contributed by atoms with Gasteiger partial charge in [0.15, 0.2) is 0 Å². The zero-order chi connectivity index (χ0) is 16.7. The van der Waals surface area contributed by atoms with Gasteiger partial charge in [0.2, 0.25) is 0 Å². The van der Waals surface area contributed by atoms with E-state index in [1.54, 1.807) is 12.1 Å². The molecule has 2 rings (SSSR count). The number of carbonyl (C=O) groups excluding carboxylic acids is 1. The van der Waals surface area contributed by atoms with Gasteiger partial charge < -0.3 is 10.1 Å². The Labute approximate surface area is 136 Å². The summed E-state index contributed by atoms with van der Waals surface area (Å²) < 4.78 is 5.25. The van der Waals surface area contributed by atoms with Gasteiger partial charge in [-0.1, -0.05) is 42.5 Å². The van der Waals surface area contributed by atoms with Crippen LogP contribution in [-0.4, -0.2) is 11.6 Å². The molecule has 0 bridgehead atoms. The third kappa shape index (κ3) is 5.48. The number of alkyl carbamates (subject to hydrolysis) is 1. The van der Waals surface area contributed by atoms with Crippen LogP contribution in [0, 0.1) is 11.3 Å². The van der Waals surface area contributed by atoms with Gasteiger partial charge in [0.1, 0.15) is 6.61 Å². The molecule has 0 radical (unpaired) electrons. The van der Waals surface area contributed by atoms with Crippen molar-refractivity contribution in [1.82, 2.24) is 5.32 Å². The van der Waals surface area contributed by atoms with Gasteiger partial charge in [-0.05, 0) is 43.5 Å². The molecule has 0 fully saturated rings. The van der Waals surface area contributed by atoms with E-state index < -0.39 is 11.6 Å². The fourth-order valence-electron chi connectivity index (χ4n) is 2.29. The lowest BCUT2D eigenvalue weighted by atomic mass is 9.94. The van der Waals surface area contributed by atoms with Gasteiger partial charge in [-0.3, -0.25) is 0 Å². The van der Waals surface area contributed by atoms with E-state index in [1.807, 2.05) is 56.3 Å². The minimum atomic E-state index is -0.443. The van der Waals surface area contributed by atoms with Crippen LogP contribution in [0.1, 0.15) is 30.5 Å². The molecular formula is C19H20N2O2. The Morgan fingerprint density at radius 3 is 2.35 bits per heavy atom. The molecule has 0 heterocycles. The number of hydrogen-bond acceptors (Lipinski definition) is 3. The van der Waals surface area contributed by atoms with E-state index in [0.29, 0.717) is 12.0 Å². The third-order valence-electron chi connectivity index (χ3n) is 3.38. The van der Waals surface area contributed by atoms with Gasteiger partial charge in [0.05, 0.1) is 11.6 Å². The molecule has 0 atom stereocenters.